The fraction of sp³-hybridized carbons (Fsp3) is 0.133. The van der Waals surface area contributed by atoms with Crippen molar-refractivity contribution in [2.24, 2.45) is 0 Å². The van der Waals surface area contributed by atoms with Crippen LogP contribution in [0.3, 0.4) is 0 Å². The van der Waals surface area contributed by atoms with E-state index in [1.807, 2.05) is 47.0 Å². The van der Waals surface area contributed by atoms with Crippen molar-refractivity contribution >= 4 is 23.3 Å². The summed E-state index contributed by atoms with van der Waals surface area (Å²) in [6, 6.07) is 13.6. The van der Waals surface area contributed by atoms with Gasteiger partial charge in [0.2, 0.25) is 0 Å². The van der Waals surface area contributed by atoms with E-state index in [9.17, 15) is 0 Å². The molecule has 0 saturated heterocycles. The van der Waals surface area contributed by atoms with Crippen LogP contribution in [0.4, 0.5) is 0 Å². The summed E-state index contributed by atoms with van der Waals surface area (Å²) in [4.78, 5) is 3.20. The van der Waals surface area contributed by atoms with E-state index in [0.717, 1.165) is 28.2 Å². The van der Waals surface area contributed by atoms with Crippen LogP contribution in [0.2, 0.25) is 0 Å². The lowest BCUT2D eigenvalue weighted by Crippen LogP contribution is -1.95. The summed E-state index contributed by atoms with van der Waals surface area (Å²) in [6.45, 7) is 0. The Morgan fingerprint density at radius 3 is 2.50 bits per heavy atom. The molecule has 0 aliphatic rings. The largest absolute Gasteiger partial charge is 0.497 e. The fourth-order valence-electron chi connectivity index (χ4n) is 2.22. The quantitative estimate of drug-likeness (QED) is 0.746. The molecule has 4 nitrogen and oxygen atoms in total. The molecular formula is C15H14N2O2S. The number of hydrogen-bond donors (Lipinski definition) is 1. The van der Waals surface area contributed by atoms with Gasteiger partial charge in [-0.05, 0) is 36.5 Å². The Bertz CT molecular complexity index is 820. The highest BCUT2D eigenvalue weighted by molar-refractivity contribution is 7.71. The average Bonchev–Trinajstić information content (AvgIpc) is 2.82. The molecule has 1 aromatic heterocycles. The number of nitrogens with one attached hydrogen (secondary N) is 1. The standard InChI is InChI=1S/C15H14N2O2S/c1-18-11-5-3-4-10(8-11)17-14-9-12(19-2)6-7-13(14)16-15(17)20/h3-9H,1-2H3,(H,16,20). The number of fused-ring (bicyclic) bond motifs is 1. The Morgan fingerprint density at radius 2 is 1.75 bits per heavy atom. The Morgan fingerprint density at radius 1 is 1.00 bits per heavy atom. The van der Waals surface area contributed by atoms with Gasteiger partial charge < -0.3 is 14.5 Å². The monoisotopic (exact) mass is 286 g/mol. The summed E-state index contributed by atoms with van der Waals surface area (Å²) >= 11 is 5.42. The topological polar surface area (TPSA) is 39.2 Å². The first kappa shape index (κ1) is 12.7. The highest BCUT2D eigenvalue weighted by Crippen LogP contribution is 2.25. The molecule has 1 N–H and O–H groups in total. The minimum Gasteiger partial charge on any atom is -0.497 e. The van der Waals surface area contributed by atoms with Gasteiger partial charge >= 0.3 is 0 Å². The number of ether oxygens (including phenoxy) is 2. The van der Waals surface area contributed by atoms with Crippen LogP contribution in [0.1, 0.15) is 0 Å². The van der Waals surface area contributed by atoms with Gasteiger partial charge in [-0.2, -0.15) is 0 Å². The molecule has 102 valence electrons. The number of imidazole rings is 1. The summed E-state index contributed by atoms with van der Waals surface area (Å²) < 4.78 is 13.2. The molecule has 0 bridgehead atoms. The normalized spacial score (nSPS) is 10.7. The van der Waals surface area contributed by atoms with Gasteiger partial charge in [0.05, 0.1) is 30.9 Å². The van der Waals surface area contributed by atoms with Crippen molar-refractivity contribution in [3.8, 4) is 17.2 Å². The number of aromatic amines is 1. The molecule has 0 aliphatic heterocycles. The number of benzene rings is 2. The summed E-state index contributed by atoms with van der Waals surface area (Å²) in [7, 11) is 3.30. The molecule has 0 amide bonds. The first-order chi connectivity index (χ1) is 9.72. The second-order valence-corrected chi connectivity index (χ2v) is 4.74. The van der Waals surface area contributed by atoms with Crippen molar-refractivity contribution in [2.75, 3.05) is 14.2 Å². The van der Waals surface area contributed by atoms with Crippen molar-refractivity contribution in [1.82, 2.24) is 9.55 Å². The van der Waals surface area contributed by atoms with Crippen molar-refractivity contribution in [2.45, 2.75) is 0 Å². The number of aromatic nitrogens is 2. The lowest BCUT2D eigenvalue weighted by atomic mass is 10.2. The molecule has 3 rings (SSSR count). The zero-order valence-corrected chi connectivity index (χ0v) is 12.0. The van der Waals surface area contributed by atoms with E-state index >= 15 is 0 Å². The van der Waals surface area contributed by atoms with Crippen LogP contribution < -0.4 is 9.47 Å². The molecular weight excluding hydrogens is 272 g/mol. The summed E-state index contributed by atoms with van der Waals surface area (Å²) in [6.07, 6.45) is 0. The van der Waals surface area contributed by atoms with E-state index in [1.165, 1.54) is 0 Å². The van der Waals surface area contributed by atoms with Gasteiger partial charge in [-0.15, -0.1) is 0 Å². The van der Waals surface area contributed by atoms with Gasteiger partial charge in [-0.3, -0.25) is 4.57 Å². The Kier molecular flexibility index (Phi) is 3.20. The van der Waals surface area contributed by atoms with E-state index < -0.39 is 0 Å². The van der Waals surface area contributed by atoms with Crippen LogP contribution >= 0.6 is 12.2 Å². The third-order valence-electron chi connectivity index (χ3n) is 3.20. The van der Waals surface area contributed by atoms with Gasteiger partial charge in [0, 0.05) is 12.1 Å². The van der Waals surface area contributed by atoms with Crippen LogP contribution in [0.5, 0.6) is 11.5 Å². The third kappa shape index (κ3) is 2.06. The second-order valence-electron chi connectivity index (χ2n) is 4.35. The molecule has 0 atom stereocenters. The Balaban J connectivity index is 2.28. The SMILES string of the molecule is COc1cccc(-n2c(=S)[nH]c3ccc(OC)cc32)c1. The van der Waals surface area contributed by atoms with Crippen LogP contribution in [-0.2, 0) is 0 Å². The summed E-state index contributed by atoms with van der Waals surface area (Å²) in [5.41, 5.74) is 2.90. The molecule has 2 aromatic carbocycles. The smallest absolute Gasteiger partial charge is 0.182 e. The van der Waals surface area contributed by atoms with Gasteiger partial charge in [-0.25, -0.2) is 0 Å². The summed E-state index contributed by atoms with van der Waals surface area (Å²) in [5.74, 6) is 1.59. The number of rotatable bonds is 3. The first-order valence-corrected chi connectivity index (χ1v) is 6.57. The van der Waals surface area contributed by atoms with Crippen molar-refractivity contribution in [3.05, 3.63) is 47.2 Å². The molecule has 0 saturated carbocycles. The number of hydrogen-bond acceptors (Lipinski definition) is 3. The molecule has 0 fully saturated rings. The van der Waals surface area contributed by atoms with Gasteiger partial charge in [-0.1, -0.05) is 6.07 Å². The van der Waals surface area contributed by atoms with E-state index in [-0.39, 0.29) is 0 Å². The fourth-order valence-corrected chi connectivity index (χ4v) is 2.53. The van der Waals surface area contributed by atoms with Gasteiger partial charge in [0.15, 0.2) is 4.77 Å². The predicted octanol–water partition coefficient (Wildman–Crippen LogP) is 3.71. The maximum atomic E-state index is 5.42. The average molecular weight is 286 g/mol. The molecule has 1 heterocycles. The number of methoxy groups -OCH3 is 2. The van der Waals surface area contributed by atoms with E-state index in [1.54, 1.807) is 14.2 Å². The minimum absolute atomic E-state index is 0.640. The van der Waals surface area contributed by atoms with E-state index in [0.29, 0.717) is 4.77 Å². The highest BCUT2D eigenvalue weighted by atomic mass is 32.1. The second kappa shape index (κ2) is 5.02. The molecule has 0 unspecified atom stereocenters. The number of nitrogens with zero attached hydrogens (tertiary/aromatic N) is 1. The molecule has 0 spiro atoms. The first-order valence-electron chi connectivity index (χ1n) is 6.16. The highest BCUT2D eigenvalue weighted by Gasteiger charge is 2.08. The molecule has 5 heteroatoms. The molecule has 20 heavy (non-hydrogen) atoms. The van der Waals surface area contributed by atoms with Crippen LogP contribution in [-0.4, -0.2) is 23.8 Å². The lowest BCUT2D eigenvalue weighted by Gasteiger charge is -2.07. The third-order valence-corrected chi connectivity index (χ3v) is 3.49. The van der Waals surface area contributed by atoms with Crippen LogP contribution in [0, 0.1) is 4.77 Å². The minimum atomic E-state index is 0.640. The molecule has 0 radical (unpaired) electrons. The molecule has 0 aliphatic carbocycles. The van der Waals surface area contributed by atoms with Crippen molar-refractivity contribution < 1.29 is 9.47 Å². The summed E-state index contributed by atoms with van der Waals surface area (Å²) in [5, 5.41) is 0. The van der Waals surface area contributed by atoms with E-state index in [4.69, 9.17) is 21.7 Å². The van der Waals surface area contributed by atoms with Crippen molar-refractivity contribution in [3.63, 3.8) is 0 Å². The van der Waals surface area contributed by atoms with E-state index in [2.05, 4.69) is 4.98 Å². The lowest BCUT2D eigenvalue weighted by molar-refractivity contribution is 0.414. The number of H-pyrrole nitrogens is 1. The van der Waals surface area contributed by atoms with Gasteiger partial charge in [0.25, 0.3) is 0 Å². The van der Waals surface area contributed by atoms with Gasteiger partial charge in [0.1, 0.15) is 11.5 Å². The predicted molar refractivity (Wildman–Crippen MR) is 81.6 cm³/mol. The maximum absolute atomic E-state index is 5.42. The zero-order valence-electron chi connectivity index (χ0n) is 11.2. The molecule has 3 aromatic rings. The Labute approximate surface area is 121 Å². The maximum Gasteiger partial charge on any atom is 0.182 e. The van der Waals surface area contributed by atoms with Crippen LogP contribution in [0.15, 0.2) is 42.5 Å². The Hall–Kier alpha value is -2.27. The zero-order chi connectivity index (χ0) is 14.1. The van der Waals surface area contributed by atoms with Crippen LogP contribution in [0.25, 0.3) is 16.7 Å². The van der Waals surface area contributed by atoms with Crippen molar-refractivity contribution in [1.29, 1.82) is 0 Å².